The number of carbonyl (C=O) groups excluding carboxylic acids is 1. The molecule has 0 spiro atoms. The Hall–Kier alpha value is -1.39. The quantitative estimate of drug-likeness (QED) is 0.894. The fourth-order valence-electron chi connectivity index (χ4n) is 1.38. The van der Waals surface area contributed by atoms with E-state index >= 15 is 0 Å². The molecule has 0 unspecified atom stereocenters. The van der Waals surface area contributed by atoms with Crippen molar-refractivity contribution in [2.75, 3.05) is 0 Å². The third-order valence-corrected chi connectivity index (χ3v) is 3.32. The Labute approximate surface area is 102 Å². The van der Waals surface area contributed by atoms with Crippen LogP contribution in [0.15, 0.2) is 24.4 Å². The summed E-state index contributed by atoms with van der Waals surface area (Å²) in [6.45, 7) is 1.96. The number of carbonyl (C=O) groups is 1. The molecule has 0 aliphatic rings. The molecule has 2 N–H and O–H groups in total. The van der Waals surface area contributed by atoms with Crippen molar-refractivity contribution in [1.82, 2.24) is 4.98 Å². The van der Waals surface area contributed by atoms with Gasteiger partial charge in [0.25, 0.3) is 5.91 Å². The first-order valence-corrected chi connectivity index (χ1v) is 5.79. The van der Waals surface area contributed by atoms with Gasteiger partial charge in [-0.3, -0.25) is 4.79 Å². The summed E-state index contributed by atoms with van der Waals surface area (Å²) in [5.41, 5.74) is 7.13. The molecule has 0 saturated heterocycles. The normalized spacial score (nSPS) is 10.4. The van der Waals surface area contributed by atoms with Crippen molar-refractivity contribution in [3.8, 4) is 10.6 Å². The van der Waals surface area contributed by atoms with Crippen LogP contribution < -0.4 is 5.73 Å². The zero-order valence-electron chi connectivity index (χ0n) is 8.53. The number of benzene rings is 1. The van der Waals surface area contributed by atoms with Gasteiger partial charge in [-0.25, -0.2) is 4.98 Å². The van der Waals surface area contributed by atoms with Crippen molar-refractivity contribution in [2.24, 2.45) is 5.73 Å². The Kier molecular flexibility index (Phi) is 2.94. The first kappa shape index (κ1) is 11.1. The second kappa shape index (κ2) is 4.23. The van der Waals surface area contributed by atoms with Crippen LogP contribution in [0.25, 0.3) is 10.6 Å². The number of primary amides is 1. The van der Waals surface area contributed by atoms with Crippen LogP contribution >= 0.6 is 22.9 Å². The summed E-state index contributed by atoms with van der Waals surface area (Å²) in [4.78, 5) is 15.5. The Morgan fingerprint density at radius 2 is 2.19 bits per heavy atom. The molecule has 1 heterocycles. The van der Waals surface area contributed by atoms with Gasteiger partial charge in [0.1, 0.15) is 9.88 Å². The summed E-state index contributed by atoms with van der Waals surface area (Å²) in [5.74, 6) is -0.456. The lowest BCUT2D eigenvalue weighted by Gasteiger charge is -1.99. The maximum atomic E-state index is 10.9. The number of thiazole rings is 1. The fourth-order valence-corrected chi connectivity index (χ4v) is 2.43. The summed E-state index contributed by atoms with van der Waals surface area (Å²) in [5, 5.41) is 1.41. The molecule has 0 radical (unpaired) electrons. The van der Waals surface area contributed by atoms with Crippen LogP contribution in [-0.2, 0) is 0 Å². The number of aromatic nitrogens is 1. The Bertz CT molecular complexity index is 530. The van der Waals surface area contributed by atoms with Crippen LogP contribution in [0.4, 0.5) is 0 Å². The molecule has 0 fully saturated rings. The minimum absolute atomic E-state index is 0.452. The highest BCUT2D eigenvalue weighted by atomic mass is 35.5. The summed E-state index contributed by atoms with van der Waals surface area (Å²) in [7, 11) is 0. The number of nitrogens with two attached hydrogens (primary N) is 1. The summed E-state index contributed by atoms with van der Waals surface area (Å²) in [6.07, 6.45) is 1.48. The molecular formula is C11H9ClN2OS. The predicted molar refractivity (Wildman–Crippen MR) is 65.8 cm³/mol. The van der Waals surface area contributed by atoms with Crippen LogP contribution in [0.5, 0.6) is 0 Å². The molecule has 2 rings (SSSR count). The van der Waals surface area contributed by atoms with E-state index in [0.29, 0.717) is 9.90 Å². The van der Waals surface area contributed by atoms with Gasteiger partial charge in [0.2, 0.25) is 0 Å². The van der Waals surface area contributed by atoms with E-state index < -0.39 is 5.91 Å². The maximum Gasteiger partial charge on any atom is 0.260 e. The highest BCUT2D eigenvalue weighted by molar-refractivity contribution is 7.16. The highest BCUT2D eigenvalue weighted by Gasteiger charge is 2.09. The van der Waals surface area contributed by atoms with Gasteiger partial charge in [-0.15, -0.1) is 11.3 Å². The fraction of sp³-hybridized carbons (Fsp3) is 0.0909. The minimum atomic E-state index is -0.456. The maximum absolute atomic E-state index is 10.9. The van der Waals surface area contributed by atoms with Crippen LogP contribution in [0, 0.1) is 6.92 Å². The lowest BCUT2D eigenvalue weighted by molar-refractivity contribution is 0.100. The average molecular weight is 253 g/mol. The van der Waals surface area contributed by atoms with Crippen LogP contribution in [0.3, 0.4) is 0 Å². The smallest absolute Gasteiger partial charge is 0.260 e. The number of amides is 1. The van der Waals surface area contributed by atoms with E-state index in [4.69, 9.17) is 17.3 Å². The van der Waals surface area contributed by atoms with E-state index in [2.05, 4.69) is 4.98 Å². The Balaban J connectivity index is 2.46. The standard InChI is InChI=1S/C11H9ClN2OS/c1-6-2-7(4-8(12)3-6)11-14-5-9(16-11)10(13)15/h2-5H,1H3,(H2,13,15). The zero-order chi connectivity index (χ0) is 11.7. The number of nitrogens with zero attached hydrogens (tertiary/aromatic N) is 1. The minimum Gasteiger partial charge on any atom is -0.365 e. The largest absolute Gasteiger partial charge is 0.365 e. The topological polar surface area (TPSA) is 56.0 Å². The molecule has 1 aromatic heterocycles. The van der Waals surface area contributed by atoms with Crippen LogP contribution in [-0.4, -0.2) is 10.9 Å². The molecule has 1 amide bonds. The van der Waals surface area contributed by atoms with Crippen molar-refractivity contribution in [2.45, 2.75) is 6.92 Å². The van der Waals surface area contributed by atoms with E-state index in [1.165, 1.54) is 17.5 Å². The summed E-state index contributed by atoms with van der Waals surface area (Å²) < 4.78 is 0. The summed E-state index contributed by atoms with van der Waals surface area (Å²) in [6, 6.07) is 5.65. The van der Waals surface area contributed by atoms with E-state index in [0.717, 1.165) is 16.1 Å². The number of hydrogen-bond acceptors (Lipinski definition) is 3. The molecule has 2 aromatic rings. The van der Waals surface area contributed by atoms with Crippen molar-refractivity contribution >= 4 is 28.8 Å². The van der Waals surface area contributed by atoms with E-state index in [1.807, 2.05) is 25.1 Å². The summed E-state index contributed by atoms with van der Waals surface area (Å²) >= 11 is 7.22. The molecule has 16 heavy (non-hydrogen) atoms. The van der Waals surface area contributed by atoms with E-state index in [9.17, 15) is 4.79 Å². The van der Waals surface area contributed by atoms with Gasteiger partial charge in [-0.1, -0.05) is 11.6 Å². The number of hydrogen-bond donors (Lipinski definition) is 1. The van der Waals surface area contributed by atoms with E-state index in [1.54, 1.807) is 0 Å². The molecule has 3 nitrogen and oxygen atoms in total. The number of halogens is 1. The highest BCUT2D eigenvalue weighted by Crippen LogP contribution is 2.28. The van der Waals surface area contributed by atoms with Gasteiger partial charge >= 0.3 is 0 Å². The molecular weight excluding hydrogens is 244 g/mol. The SMILES string of the molecule is Cc1cc(Cl)cc(-c2ncc(C(N)=O)s2)c1. The van der Waals surface area contributed by atoms with Gasteiger partial charge in [-0.2, -0.15) is 0 Å². The molecule has 0 bridgehead atoms. The Morgan fingerprint density at radius 3 is 2.75 bits per heavy atom. The molecule has 0 atom stereocenters. The van der Waals surface area contributed by atoms with E-state index in [-0.39, 0.29) is 0 Å². The molecule has 5 heteroatoms. The monoisotopic (exact) mass is 252 g/mol. The van der Waals surface area contributed by atoms with Gasteiger partial charge in [-0.05, 0) is 30.7 Å². The lowest BCUT2D eigenvalue weighted by Crippen LogP contribution is -2.08. The molecule has 1 aromatic carbocycles. The third-order valence-electron chi connectivity index (χ3n) is 2.04. The Morgan fingerprint density at radius 1 is 1.44 bits per heavy atom. The second-order valence-corrected chi connectivity index (χ2v) is 4.88. The van der Waals surface area contributed by atoms with Crippen LogP contribution in [0.2, 0.25) is 5.02 Å². The van der Waals surface area contributed by atoms with Crippen molar-refractivity contribution < 1.29 is 4.79 Å². The predicted octanol–water partition coefficient (Wildman–Crippen LogP) is 2.87. The van der Waals surface area contributed by atoms with Gasteiger partial charge in [0.05, 0.1) is 6.20 Å². The lowest BCUT2D eigenvalue weighted by atomic mass is 10.1. The molecule has 0 saturated carbocycles. The number of aryl methyl sites for hydroxylation is 1. The van der Waals surface area contributed by atoms with Gasteiger partial charge < -0.3 is 5.73 Å². The first-order valence-electron chi connectivity index (χ1n) is 4.59. The third kappa shape index (κ3) is 2.23. The average Bonchev–Trinajstić information content (AvgIpc) is 2.64. The van der Waals surface area contributed by atoms with Crippen molar-refractivity contribution in [3.05, 3.63) is 39.9 Å². The van der Waals surface area contributed by atoms with Crippen molar-refractivity contribution in [3.63, 3.8) is 0 Å². The van der Waals surface area contributed by atoms with Crippen LogP contribution in [0.1, 0.15) is 15.2 Å². The van der Waals surface area contributed by atoms with Crippen molar-refractivity contribution in [1.29, 1.82) is 0 Å². The molecule has 0 aliphatic carbocycles. The van der Waals surface area contributed by atoms with Gasteiger partial charge in [0, 0.05) is 10.6 Å². The molecule has 82 valence electrons. The first-order chi connectivity index (χ1) is 7.56. The molecule has 0 aliphatic heterocycles. The second-order valence-electron chi connectivity index (χ2n) is 3.41. The van der Waals surface area contributed by atoms with Gasteiger partial charge in [0.15, 0.2) is 0 Å². The zero-order valence-corrected chi connectivity index (χ0v) is 10.1. The number of rotatable bonds is 2.